The van der Waals surface area contributed by atoms with Gasteiger partial charge in [0.25, 0.3) is 5.91 Å². The van der Waals surface area contributed by atoms with E-state index < -0.39 is 0 Å². The molecule has 128 valence electrons. The molecule has 0 fully saturated rings. The molecule has 0 saturated heterocycles. The van der Waals surface area contributed by atoms with E-state index in [0.717, 1.165) is 16.8 Å². The van der Waals surface area contributed by atoms with Crippen molar-refractivity contribution in [3.63, 3.8) is 0 Å². The van der Waals surface area contributed by atoms with Gasteiger partial charge < -0.3 is 4.90 Å². The van der Waals surface area contributed by atoms with Crippen LogP contribution >= 0.6 is 23.2 Å². The number of aliphatic imine (C=N–C) groups is 1. The molecule has 0 unspecified atom stereocenters. The van der Waals surface area contributed by atoms with E-state index >= 15 is 0 Å². The zero-order valence-corrected chi connectivity index (χ0v) is 15.1. The van der Waals surface area contributed by atoms with Crippen molar-refractivity contribution in [3.05, 3.63) is 88.2 Å². The van der Waals surface area contributed by atoms with Crippen molar-refractivity contribution < 1.29 is 4.79 Å². The number of fused-ring (bicyclic) bond motifs is 1. The average molecular weight is 382 g/mol. The Labute approximate surface area is 160 Å². The van der Waals surface area contributed by atoms with Crippen LogP contribution in [0.4, 0.5) is 11.4 Å². The minimum atomic E-state index is -0.161. The van der Waals surface area contributed by atoms with Crippen LogP contribution in [0.3, 0.4) is 0 Å². The Morgan fingerprint density at radius 3 is 2.50 bits per heavy atom. The second-order valence-electron chi connectivity index (χ2n) is 5.86. The molecule has 0 spiro atoms. The van der Waals surface area contributed by atoms with Gasteiger partial charge in [0.15, 0.2) is 0 Å². The van der Waals surface area contributed by atoms with E-state index in [1.54, 1.807) is 35.5 Å². The van der Waals surface area contributed by atoms with Crippen molar-refractivity contribution in [2.24, 2.45) is 4.99 Å². The number of aromatic nitrogens is 1. The van der Waals surface area contributed by atoms with E-state index in [2.05, 4.69) is 9.98 Å². The van der Waals surface area contributed by atoms with Crippen LogP contribution in [0, 0.1) is 0 Å². The molecule has 0 aliphatic carbocycles. The van der Waals surface area contributed by atoms with Crippen LogP contribution in [-0.4, -0.2) is 16.6 Å². The Morgan fingerprint density at radius 1 is 1.00 bits per heavy atom. The van der Waals surface area contributed by atoms with Crippen LogP contribution in [0.25, 0.3) is 0 Å². The zero-order valence-electron chi connectivity index (χ0n) is 13.6. The monoisotopic (exact) mass is 381 g/mol. The quantitative estimate of drug-likeness (QED) is 0.636. The Bertz CT molecular complexity index is 998. The van der Waals surface area contributed by atoms with Gasteiger partial charge in [0.1, 0.15) is 5.71 Å². The van der Waals surface area contributed by atoms with Gasteiger partial charge in [0.2, 0.25) is 0 Å². The lowest BCUT2D eigenvalue weighted by Gasteiger charge is -2.16. The summed E-state index contributed by atoms with van der Waals surface area (Å²) in [7, 11) is 0. The number of carbonyl (C=O) groups excluding carboxylic acids is 1. The third kappa shape index (κ3) is 3.21. The molecule has 2 heterocycles. The summed E-state index contributed by atoms with van der Waals surface area (Å²) < 4.78 is 0. The summed E-state index contributed by atoms with van der Waals surface area (Å²) in [6.07, 6.45) is 3.46. The Morgan fingerprint density at radius 2 is 1.77 bits per heavy atom. The zero-order chi connectivity index (χ0) is 18.1. The number of rotatable bonds is 3. The molecule has 4 nitrogen and oxygen atoms in total. The first-order valence-electron chi connectivity index (χ1n) is 7.97. The number of halogens is 2. The number of anilines is 1. The molecule has 1 aliphatic heterocycles. The summed E-state index contributed by atoms with van der Waals surface area (Å²) in [5.41, 5.74) is 3.49. The first kappa shape index (κ1) is 16.8. The standard InChI is InChI=1S/C20H13Cl2N3O/c21-14-8-15(22)10-16(9-14)24-19-17-5-1-2-6-18(17)25(20(19)26)12-13-4-3-7-23-11-13/h1-11H,12H2/b24-19-. The van der Waals surface area contributed by atoms with Crippen molar-refractivity contribution in [1.29, 1.82) is 0 Å². The largest absolute Gasteiger partial charge is 0.302 e. The van der Waals surface area contributed by atoms with Gasteiger partial charge in [-0.3, -0.25) is 9.78 Å². The van der Waals surface area contributed by atoms with E-state index in [9.17, 15) is 4.79 Å². The highest BCUT2D eigenvalue weighted by atomic mass is 35.5. The first-order chi connectivity index (χ1) is 12.6. The highest BCUT2D eigenvalue weighted by Gasteiger charge is 2.33. The van der Waals surface area contributed by atoms with Gasteiger partial charge >= 0.3 is 0 Å². The van der Waals surface area contributed by atoms with Crippen molar-refractivity contribution in [3.8, 4) is 0 Å². The minimum Gasteiger partial charge on any atom is -0.302 e. The lowest BCUT2D eigenvalue weighted by Crippen LogP contribution is -2.29. The Kier molecular flexibility index (Phi) is 4.45. The number of carbonyl (C=O) groups is 1. The van der Waals surface area contributed by atoms with Crippen molar-refractivity contribution in [2.45, 2.75) is 6.54 Å². The fourth-order valence-corrected chi connectivity index (χ4v) is 3.45. The molecule has 6 heteroatoms. The maximum atomic E-state index is 13.0. The normalized spacial score (nSPS) is 14.8. The number of hydrogen-bond acceptors (Lipinski definition) is 3. The molecular formula is C20H13Cl2N3O. The Hall–Kier alpha value is -2.69. The first-order valence-corrected chi connectivity index (χ1v) is 8.72. The molecule has 0 bridgehead atoms. The summed E-state index contributed by atoms with van der Waals surface area (Å²) >= 11 is 12.1. The van der Waals surface area contributed by atoms with Crippen LogP contribution in [0.2, 0.25) is 10.0 Å². The predicted octanol–water partition coefficient (Wildman–Crippen LogP) is 5.06. The molecule has 0 atom stereocenters. The smallest absolute Gasteiger partial charge is 0.277 e. The van der Waals surface area contributed by atoms with E-state index in [1.807, 2.05) is 36.4 Å². The molecule has 0 saturated carbocycles. The summed E-state index contributed by atoms with van der Waals surface area (Å²) in [4.78, 5) is 23.4. The number of amides is 1. The molecule has 2 aromatic carbocycles. The van der Waals surface area contributed by atoms with Crippen LogP contribution in [0.1, 0.15) is 11.1 Å². The maximum absolute atomic E-state index is 13.0. The fraction of sp³-hybridized carbons (Fsp3) is 0.0500. The number of pyridine rings is 1. The molecule has 1 amide bonds. The highest BCUT2D eigenvalue weighted by molar-refractivity contribution is 6.54. The van der Waals surface area contributed by atoms with E-state index in [4.69, 9.17) is 23.2 Å². The van der Waals surface area contributed by atoms with Crippen LogP contribution in [-0.2, 0) is 11.3 Å². The SMILES string of the molecule is O=C1/C(=N\c2cc(Cl)cc(Cl)c2)c2ccccc2N1Cc1cccnc1. The van der Waals surface area contributed by atoms with Gasteiger partial charge in [-0.05, 0) is 35.9 Å². The molecule has 3 aromatic rings. The van der Waals surface area contributed by atoms with Gasteiger partial charge in [-0.15, -0.1) is 0 Å². The lowest BCUT2D eigenvalue weighted by molar-refractivity contribution is -0.112. The predicted molar refractivity (Wildman–Crippen MR) is 105 cm³/mol. The van der Waals surface area contributed by atoms with E-state index in [-0.39, 0.29) is 5.91 Å². The number of benzene rings is 2. The summed E-state index contributed by atoms with van der Waals surface area (Å²) in [5, 5.41) is 0.950. The Balaban J connectivity index is 1.77. The number of nitrogens with zero attached hydrogens (tertiary/aromatic N) is 3. The van der Waals surface area contributed by atoms with Crippen LogP contribution < -0.4 is 4.90 Å². The van der Waals surface area contributed by atoms with Gasteiger partial charge in [-0.25, -0.2) is 4.99 Å². The van der Waals surface area contributed by atoms with E-state index in [0.29, 0.717) is 28.0 Å². The van der Waals surface area contributed by atoms with Crippen LogP contribution in [0.15, 0.2) is 72.0 Å². The van der Waals surface area contributed by atoms with Gasteiger partial charge in [0.05, 0.1) is 17.9 Å². The summed E-state index contributed by atoms with van der Waals surface area (Å²) in [6, 6.07) is 16.4. The third-order valence-corrected chi connectivity index (χ3v) is 4.49. The van der Waals surface area contributed by atoms with Gasteiger partial charge in [0, 0.05) is 28.0 Å². The molecule has 1 aromatic heterocycles. The van der Waals surface area contributed by atoms with Crippen molar-refractivity contribution in [1.82, 2.24) is 4.98 Å². The lowest BCUT2D eigenvalue weighted by atomic mass is 10.1. The van der Waals surface area contributed by atoms with Crippen molar-refractivity contribution in [2.75, 3.05) is 4.90 Å². The fourth-order valence-electron chi connectivity index (χ4n) is 2.93. The highest BCUT2D eigenvalue weighted by Crippen LogP contribution is 2.33. The average Bonchev–Trinajstić information content (AvgIpc) is 2.88. The number of hydrogen-bond donors (Lipinski definition) is 0. The van der Waals surface area contributed by atoms with E-state index in [1.165, 1.54) is 0 Å². The number of para-hydroxylation sites is 1. The summed E-state index contributed by atoms with van der Waals surface area (Å²) in [6.45, 7) is 0.430. The van der Waals surface area contributed by atoms with Crippen LogP contribution in [0.5, 0.6) is 0 Å². The van der Waals surface area contributed by atoms with Gasteiger partial charge in [-0.1, -0.05) is 47.5 Å². The molecule has 0 radical (unpaired) electrons. The molecular weight excluding hydrogens is 369 g/mol. The topological polar surface area (TPSA) is 45.6 Å². The second-order valence-corrected chi connectivity index (χ2v) is 6.73. The maximum Gasteiger partial charge on any atom is 0.277 e. The molecule has 0 N–H and O–H groups in total. The van der Waals surface area contributed by atoms with Gasteiger partial charge in [-0.2, -0.15) is 0 Å². The third-order valence-electron chi connectivity index (χ3n) is 4.05. The molecule has 1 aliphatic rings. The minimum absolute atomic E-state index is 0.161. The summed E-state index contributed by atoms with van der Waals surface area (Å²) in [5.74, 6) is -0.161. The molecule has 4 rings (SSSR count). The van der Waals surface area contributed by atoms with Crippen molar-refractivity contribution >= 4 is 46.2 Å². The molecule has 26 heavy (non-hydrogen) atoms. The second kappa shape index (κ2) is 6.90.